The number of para-hydroxylation sites is 2. The topological polar surface area (TPSA) is 25.2 Å². The van der Waals surface area contributed by atoms with Crippen LogP contribution in [-0.4, -0.2) is 10.5 Å². The lowest BCUT2D eigenvalue weighted by Crippen LogP contribution is -2.30. The van der Waals surface area contributed by atoms with Gasteiger partial charge in [0.05, 0.1) is 12.1 Å². The maximum Gasteiger partial charge on any atom is 0.416 e. The van der Waals surface area contributed by atoms with Crippen molar-refractivity contribution in [3.8, 4) is 0 Å². The highest BCUT2D eigenvalue weighted by Crippen LogP contribution is 2.40. The van der Waals surface area contributed by atoms with Crippen LogP contribution in [0.25, 0.3) is 10.9 Å². The van der Waals surface area contributed by atoms with Crippen molar-refractivity contribution >= 4 is 22.5 Å². The molecule has 0 N–H and O–H groups in total. The zero-order valence-electron chi connectivity index (χ0n) is 15.8. The van der Waals surface area contributed by atoms with E-state index in [2.05, 4.69) is 0 Å². The van der Waals surface area contributed by atoms with Crippen molar-refractivity contribution in [1.29, 1.82) is 0 Å². The Morgan fingerprint density at radius 2 is 1.53 bits per heavy atom. The summed E-state index contributed by atoms with van der Waals surface area (Å²) in [5.41, 5.74) is 2.57. The van der Waals surface area contributed by atoms with Crippen LogP contribution in [0.4, 0.5) is 18.9 Å². The fourth-order valence-electron chi connectivity index (χ4n) is 4.11. The summed E-state index contributed by atoms with van der Waals surface area (Å²) >= 11 is 0. The van der Waals surface area contributed by atoms with E-state index in [0.717, 1.165) is 34.3 Å². The summed E-state index contributed by atoms with van der Waals surface area (Å²) < 4.78 is 40.5. The minimum atomic E-state index is -4.38. The standard InChI is InChI=1S/C24H17F3N2O/c25-24(26,27)18-11-9-16(10-12-18)15-29-21-8-4-2-6-19(21)22(23(29)30)28-14-13-17-5-1-3-7-20(17)28/h1-14,22H,15H2. The number of benzene rings is 3. The van der Waals surface area contributed by atoms with Crippen LogP contribution in [0.15, 0.2) is 85.1 Å². The van der Waals surface area contributed by atoms with Gasteiger partial charge in [0.2, 0.25) is 0 Å². The lowest BCUT2D eigenvalue weighted by Gasteiger charge is -2.19. The van der Waals surface area contributed by atoms with Crippen LogP contribution in [0.2, 0.25) is 0 Å². The fraction of sp³-hybridized carbons (Fsp3) is 0.125. The molecule has 1 aliphatic heterocycles. The Morgan fingerprint density at radius 3 is 2.30 bits per heavy atom. The summed E-state index contributed by atoms with van der Waals surface area (Å²) in [6, 6.07) is 21.9. The summed E-state index contributed by atoms with van der Waals surface area (Å²) in [6.07, 6.45) is -2.47. The van der Waals surface area contributed by atoms with Gasteiger partial charge in [-0.15, -0.1) is 0 Å². The molecule has 5 rings (SSSR count). The molecule has 0 aliphatic carbocycles. The highest BCUT2D eigenvalue weighted by Gasteiger charge is 2.38. The first kappa shape index (κ1) is 18.5. The first-order valence-corrected chi connectivity index (χ1v) is 9.55. The van der Waals surface area contributed by atoms with Gasteiger partial charge in [0.15, 0.2) is 0 Å². The summed E-state index contributed by atoms with van der Waals surface area (Å²) in [5, 5.41) is 1.05. The van der Waals surface area contributed by atoms with E-state index in [-0.39, 0.29) is 12.5 Å². The molecule has 1 amide bonds. The Balaban J connectivity index is 1.52. The predicted octanol–water partition coefficient (Wildman–Crippen LogP) is 5.80. The van der Waals surface area contributed by atoms with E-state index >= 15 is 0 Å². The Kier molecular flexibility index (Phi) is 4.17. The van der Waals surface area contributed by atoms with Crippen molar-refractivity contribution in [2.45, 2.75) is 18.8 Å². The summed E-state index contributed by atoms with van der Waals surface area (Å²) in [4.78, 5) is 15.1. The molecule has 3 aromatic carbocycles. The van der Waals surface area contributed by atoms with Crippen LogP contribution in [0, 0.1) is 0 Å². The van der Waals surface area contributed by atoms with E-state index in [4.69, 9.17) is 0 Å². The van der Waals surface area contributed by atoms with Crippen LogP contribution in [0.3, 0.4) is 0 Å². The third kappa shape index (κ3) is 2.96. The Hall–Kier alpha value is -3.54. The van der Waals surface area contributed by atoms with E-state index in [9.17, 15) is 18.0 Å². The molecule has 4 aromatic rings. The second kappa shape index (κ2) is 6.76. The van der Waals surface area contributed by atoms with Crippen molar-refractivity contribution in [3.05, 3.63) is 102 Å². The van der Waals surface area contributed by atoms with E-state index in [1.165, 1.54) is 12.1 Å². The average molecular weight is 406 g/mol. The van der Waals surface area contributed by atoms with Crippen LogP contribution >= 0.6 is 0 Å². The molecule has 0 saturated heterocycles. The minimum absolute atomic E-state index is 0.0996. The Labute approximate surface area is 171 Å². The number of carbonyl (C=O) groups is 1. The number of halogens is 3. The summed E-state index contributed by atoms with van der Waals surface area (Å²) in [6.45, 7) is 0.212. The fourth-order valence-corrected chi connectivity index (χ4v) is 4.11. The molecule has 0 spiro atoms. The maximum absolute atomic E-state index is 13.5. The molecule has 6 heteroatoms. The molecule has 1 atom stereocenters. The molecule has 0 bridgehead atoms. The number of amides is 1. The van der Waals surface area contributed by atoms with Gasteiger partial charge in [-0.3, -0.25) is 4.79 Å². The van der Waals surface area contributed by atoms with Crippen molar-refractivity contribution in [2.24, 2.45) is 0 Å². The zero-order valence-corrected chi connectivity index (χ0v) is 15.8. The van der Waals surface area contributed by atoms with Gasteiger partial charge in [0, 0.05) is 23.0 Å². The quantitative estimate of drug-likeness (QED) is 0.422. The third-order valence-corrected chi connectivity index (χ3v) is 5.55. The predicted molar refractivity (Wildman–Crippen MR) is 109 cm³/mol. The normalized spacial score (nSPS) is 16.3. The molecule has 2 heterocycles. The van der Waals surface area contributed by atoms with Crippen LogP contribution in [0.5, 0.6) is 0 Å². The molecular weight excluding hydrogens is 389 g/mol. The van der Waals surface area contributed by atoms with Gasteiger partial charge in [-0.1, -0.05) is 48.5 Å². The molecule has 0 fully saturated rings. The average Bonchev–Trinajstić information content (AvgIpc) is 3.27. The number of fused-ring (bicyclic) bond motifs is 2. The van der Waals surface area contributed by atoms with E-state index in [1.807, 2.05) is 65.4 Å². The lowest BCUT2D eigenvalue weighted by molar-refractivity contribution is -0.137. The van der Waals surface area contributed by atoms with Crippen LogP contribution in [0.1, 0.15) is 22.7 Å². The SMILES string of the molecule is O=C1C(n2ccc3ccccc32)c2ccccc2N1Cc1ccc(C(F)(F)F)cc1. The molecule has 1 aromatic heterocycles. The lowest BCUT2D eigenvalue weighted by atomic mass is 10.1. The molecular formula is C24H17F3N2O. The van der Waals surface area contributed by atoms with Gasteiger partial charge in [-0.25, -0.2) is 0 Å². The molecule has 150 valence electrons. The van der Waals surface area contributed by atoms with Crippen molar-refractivity contribution in [2.75, 3.05) is 4.90 Å². The van der Waals surface area contributed by atoms with Gasteiger partial charge >= 0.3 is 6.18 Å². The minimum Gasteiger partial charge on any atom is -0.331 e. The number of carbonyl (C=O) groups excluding carboxylic acids is 1. The largest absolute Gasteiger partial charge is 0.416 e. The molecule has 30 heavy (non-hydrogen) atoms. The van der Waals surface area contributed by atoms with Gasteiger partial charge in [-0.2, -0.15) is 13.2 Å². The van der Waals surface area contributed by atoms with Crippen LogP contribution < -0.4 is 4.90 Å². The van der Waals surface area contributed by atoms with Crippen molar-refractivity contribution in [3.63, 3.8) is 0 Å². The summed E-state index contributed by atoms with van der Waals surface area (Å²) in [7, 11) is 0. The third-order valence-electron chi connectivity index (χ3n) is 5.55. The van der Waals surface area contributed by atoms with Crippen LogP contribution in [-0.2, 0) is 17.5 Å². The highest BCUT2D eigenvalue weighted by molar-refractivity contribution is 6.05. The monoisotopic (exact) mass is 406 g/mol. The molecule has 1 unspecified atom stereocenters. The van der Waals surface area contributed by atoms with E-state index < -0.39 is 17.8 Å². The second-order valence-electron chi connectivity index (χ2n) is 7.36. The number of hydrogen-bond donors (Lipinski definition) is 0. The summed E-state index contributed by atoms with van der Waals surface area (Å²) in [5.74, 6) is -0.0996. The van der Waals surface area contributed by atoms with Crippen molar-refractivity contribution in [1.82, 2.24) is 4.57 Å². The molecule has 0 saturated carbocycles. The first-order chi connectivity index (χ1) is 14.4. The second-order valence-corrected chi connectivity index (χ2v) is 7.36. The number of aromatic nitrogens is 1. The van der Waals surface area contributed by atoms with Gasteiger partial charge in [0.25, 0.3) is 5.91 Å². The highest BCUT2D eigenvalue weighted by atomic mass is 19.4. The number of anilines is 1. The number of hydrogen-bond acceptors (Lipinski definition) is 1. The molecule has 3 nitrogen and oxygen atoms in total. The van der Waals surface area contributed by atoms with E-state index in [1.54, 1.807) is 4.90 Å². The maximum atomic E-state index is 13.5. The smallest absolute Gasteiger partial charge is 0.331 e. The zero-order chi connectivity index (χ0) is 20.9. The molecule has 1 aliphatic rings. The number of nitrogens with zero attached hydrogens (tertiary/aromatic N) is 2. The number of alkyl halides is 3. The molecule has 0 radical (unpaired) electrons. The van der Waals surface area contributed by atoms with Gasteiger partial charge < -0.3 is 9.47 Å². The Bertz CT molecular complexity index is 1240. The first-order valence-electron chi connectivity index (χ1n) is 9.55. The Morgan fingerprint density at radius 1 is 0.833 bits per heavy atom. The number of rotatable bonds is 3. The van der Waals surface area contributed by atoms with Crippen molar-refractivity contribution < 1.29 is 18.0 Å². The van der Waals surface area contributed by atoms with E-state index in [0.29, 0.717) is 5.56 Å². The van der Waals surface area contributed by atoms with Gasteiger partial charge in [0.1, 0.15) is 6.04 Å². The van der Waals surface area contributed by atoms with Gasteiger partial charge in [-0.05, 0) is 41.3 Å².